The number of ether oxygens (including phenoxy) is 2. The molecule has 0 bridgehead atoms. The molecule has 5 nitrogen and oxygen atoms in total. The molecule has 0 saturated carbocycles. The van der Waals surface area contributed by atoms with Crippen LogP contribution in [0.15, 0.2) is 18.2 Å². The molecule has 0 fully saturated rings. The molecule has 2 N–H and O–H groups in total. The fourth-order valence-corrected chi connectivity index (χ4v) is 1.79. The summed E-state index contributed by atoms with van der Waals surface area (Å²) in [5.74, 6) is 1.51. The summed E-state index contributed by atoms with van der Waals surface area (Å²) >= 11 is 0. The van der Waals surface area contributed by atoms with Crippen LogP contribution in [0.25, 0.3) is 0 Å². The van der Waals surface area contributed by atoms with E-state index in [9.17, 15) is 4.79 Å². The number of methoxy groups -OCH3 is 2. The largest absolute Gasteiger partial charge is 0.497 e. The fraction of sp³-hybridized carbons (Fsp3) is 0.533. The molecule has 1 amide bonds. The van der Waals surface area contributed by atoms with Gasteiger partial charge in [-0.15, -0.1) is 0 Å². The molecule has 0 heterocycles. The maximum atomic E-state index is 11.7. The summed E-state index contributed by atoms with van der Waals surface area (Å²) in [5.41, 5.74) is 0.738. The second-order valence-corrected chi connectivity index (χ2v) is 5.58. The van der Waals surface area contributed by atoms with Crippen molar-refractivity contribution in [1.29, 1.82) is 0 Å². The second kappa shape index (κ2) is 7.14. The van der Waals surface area contributed by atoms with Gasteiger partial charge in [0.1, 0.15) is 11.5 Å². The van der Waals surface area contributed by atoms with Crippen LogP contribution in [-0.2, 0) is 11.3 Å². The van der Waals surface area contributed by atoms with E-state index >= 15 is 0 Å². The van der Waals surface area contributed by atoms with Crippen molar-refractivity contribution in [2.24, 2.45) is 0 Å². The Morgan fingerprint density at radius 3 is 2.45 bits per heavy atom. The number of carbonyl (C=O) groups is 1. The number of hydrogen-bond acceptors (Lipinski definition) is 4. The molecule has 0 saturated heterocycles. The van der Waals surface area contributed by atoms with Crippen molar-refractivity contribution in [3.05, 3.63) is 23.8 Å². The molecular formula is C15H24N2O3. The standard InChI is InChI=1S/C15H24N2O3/c1-15(2,3)17-14(18)10-16-9-11-8-12(19-4)6-7-13(11)20-5/h6-8,16H,9-10H2,1-5H3,(H,17,18). The van der Waals surface area contributed by atoms with Crippen molar-refractivity contribution in [2.75, 3.05) is 20.8 Å². The fourth-order valence-electron chi connectivity index (χ4n) is 1.79. The van der Waals surface area contributed by atoms with E-state index in [1.807, 2.05) is 39.0 Å². The molecule has 0 spiro atoms. The van der Waals surface area contributed by atoms with Gasteiger partial charge in [-0.25, -0.2) is 0 Å². The molecule has 1 aromatic rings. The molecule has 112 valence electrons. The number of hydrogen-bond donors (Lipinski definition) is 2. The zero-order valence-electron chi connectivity index (χ0n) is 12.9. The van der Waals surface area contributed by atoms with Crippen LogP contribution in [-0.4, -0.2) is 32.2 Å². The normalized spacial score (nSPS) is 11.1. The lowest BCUT2D eigenvalue weighted by molar-refractivity contribution is -0.121. The summed E-state index contributed by atoms with van der Waals surface area (Å²) in [4.78, 5) is 11.7. The van der Waals surface area contributed by atoms with E-state index in [-0.39, 0.29) is 18.0 Å². The monoisotopic (exact) mass is 280 g/mol. The summed E-state index contributed by atoms with van der Waals surface area (Å²) in [5, 5.41) is 6.00. The minimum atomic E-state index is -0.216. The van der Waals surface area contributed by atoms with Crippen LogP contribution in [0.2, 0.25) is 0 Å². The Hall–Kier alpha value is -1.75. The van der Waals surface area contributed by atoms with Gasteiger partial charge in [-0.2, -0.15) is 0 Å². The first kappa shape index (κ1) is 16.3. The minimum absolute atomic E-state index is 0.0284. The van der Waals surface area contributed by atoms with Crippen molar-refractivity contribution < 1.29 is 14.3 Å². The van der Waals surface area contributed by atoms with Crippen LogP contribution in [0.3, 0.4) is 0 Å². The van der Waals surface area contributed by atoms with E-state index in [4.69, 9.17) is 9.47 Å². The van der Waals surface area contributed by atoms with Crippen LogP contribution in [0, 0.1) is 0 Å². The highest BCUT2D eigenvalue weighted by molar-refractivity contribution is 5.78. The predicted octanol–water partition coefficient (Wildman–Crippen LogP) is 1.71. The average molecular weight is 280 g/mol. The Kier molecular flexibility index (Phi) is 5.82. The molecule has 0 atom stereocenters. The van der Waals surface area contributed by atoms with Crippen LogP contribution in [0.5, 0.6) is 11.5 Å². The van der Waals surface area contributed by atoms with Crippen molar-refractivity contribution in [1.82, 2.24) is 10.6 Å². The van der Waals surface area contributed by atoms with E-state index in [1.54, 1.807) is 14.2 Å². The van der Waals surface area contributed by atoms with Crippen molar-refractivity contribution in [2.45, 2.75) is 32.9 Å². The molecule has 1 aromatic carbocycles. The summed E-state index contributed by atoms with van der Waals surface area (Å²) in [6, 6.07) is 5.59. The molecule has 0 aliphatic heterocycles. The zero-order valence-corrected chi connectivity index (χ0v) is 12.9. The predicted molar refractivity (Wildman–Crippen MR) is 79.1 cm³/mol. The van der Waals surface area contributed by atoms with Crippen LogP contribution < -0.4 is 20.1 Å². The number of rotatable bonds is 6. The molecular weight excluding hydrogens is 256 g/mol. The lowest BCUT2D eigenvalue weighted by Crippen LogP contribution is -2.44. The lowest BCUT2D eigenvalue weighted by Gasteiger charge is -2.20. The van der Waals surface area contributed by atoms with Gasteiger partial charge in [-0.1, -0.05) is 0 Å². The van der Waals surface area contributed by atoms with E-state index in [1.165, 1.54) is 0 Å². The maximum Gasteiger partial charge on any atom is 0.234 e. The van der Waals surface area contributed by atoms with Crippen LogP contribution in [0.1, 0.15) is 26.3 Å². The number of carbonyl (C=O) groups excluding carboxylic acids is 1. The minimum Gasteiger partial charge on any atom is -0.497 e. The highest BCUT2D eigenvalue weighted by atomic mass is 16.5. The smallest absolute Gasteiger partial charge is 0.234 e. The molecule has 0 aliphatic carbocycles. The van der Waals surface area contributed by atoms with Gasteiger partial charge >= 0.3 is 0 Å². The Bertz CT molecular complexity index is 453. The van der Waals surface area contributed by atoms with Crippen LogP contribution >= 0.6 is 0 Å². The van der Waals surface area contributed by atoms with Crippen molar-refractivity contribution in [3.63, 3.8) is 0 Å². The first-order valence-electron chi connectivity index (χ1n) is 6.58. The Labute approximate surface area is 120 Å². The van der Waals surface area contributed by atoms with Gasteiger partial charge in [0.15, 0.2) is 0 Å². The topological polar surface area (TPSA) is 59.6 Å². The van der Waals surface area contributed by atoms with Crippen LogP contribution in [0.4, 0.5) is 0 Å². The first-order chi connectivity index (χ1) is 9.35. The third kappa shape index (κ3) is 5.48. The molecule has 0 aromatic heterocycles. The number of nitrogens with one attached hydrogen (secondary N) is 2. The van der Waals surface area contributed by atoms with Crippen molar-refractivity contribution in [3.8, 4) is 11.5 Å². The van der Waals surface area contributed by atoms with Gasteiger partial charge in [-0.05, 0) is 39.0 Å². The van der Waals surface area contributed by atoms with Gasteiger partial charge in [0, 0.05) is 17.6 Å². The molecule has 1 rings (SSSR count). The van der Waals surface area contributed by atoms with E-state index in [0.717, 1.165) is 17.1 Å². The third-order valence-electron chi connectivity index (χ3n) is 2.60. The van der Waals surface area contributed by atoms with Crippen molar-refractivity contribution >= 4 is 5.91 Å². The molecule has 0 radical (unpaired) electrons. The molecule has 0 unspecified atom stereocenters. The van der Waals surface area contributed by atoms with Gasteiger partial charge in [0.2, 0.25) is 5.91 Å². The highest BCUT2D eigenvalue weighted by Crippen LogP contribution is 2.23. The second-order valence-electron chi connectivity index (χ2n) is 5.58. The van der Waals surface area contributed by atoms with Gasteiger partial charge in [0.25, 0.3) is 0 Å². The van der Waals surface area contributed by atoms with E-state index in [2.05, 4.69) is 10.6 Å². The van der Waals surface area contributed by atoms with Gasteiger partial charge in [0.05, 0.1) is 20.8 Å². The summed E-state index contributed by atoms with van der Waals surface area (Å²) < 4.78 is 10.5. The quantitative estimate of drug-likeness (QED) is 0.833. The van der Waals surface area contributed by atoms with Gasteiger partial charge < -0.3 is 20.1 Å². The maximum absolute atomic E-state index is 11.7. The summed E-state index contributed by atoms with van der Waals surface area (Å²) in [6.07, 6.45) is 0. The molecule has 0 aliphatic rings. The SMILES string of the molecule is COc1ccc(OC)c(CNCC(=O)NC(C)(C)C)c1. The van der Waals surface area contributed by atoms with E-state index in [0.29, 0.717) is 6.54 Å². The Morgan fingerprint density at radius 2 is 1.90 bits per heavy atom. The molecule has 20 heavy (non-hydrogen) atoms. The summed E-state index contributed by atoms with van der Waals surface area (Å²) in [6.45, 7) is 6.66. The number of amides is 1. The Morgan fingerprint density at radius 1 is 1.20 bits per heavy atom. The third-order valence-corrected chi connectivity index (χ3v) is 2.60. The average Bonchev–Trinajstić information content (AvgIpc) is 2.36. The first-order valence-corrected chi connectivity index (χ1v) is 6.58. The Balaban J connectivity index is 2.55. The molecule has 5 heteroatoms. The van der Waals surface area contributed by atoms with E-state index < -0.39 is 0 Å². The number of benzene rings is 1. The van der Waals surface area contributed by atoms with Gasteiger partial charge in [-0.3, -0.25) is 4.79 Å². The lowest BCUT2D eigenvalue weighted by atomic mass is 10.1. The summed E-state index contributed by atoms with van der Waals surface area (Å²) in [7, 11) is 3.24. The zero-order chi connectivity index (χ0) is 15.2. The highest BCUT2D eigenvalue weighted by Gasteiger charge is 2.13.